The van der Waals surface area contributed by atoms with E-state index in [9.17, 15) is 26.3 Å². The van der Waals surface area contributed by atoms with Crippen LogP contribution in [0.2, 0.25) is 5.02 Å². The Morgan fingerprint density at radius 3 is 2.46 bits per heavy atom. The second kappa shape index (κ2) is 10.2. The Kier molecular flexibility index (Phi) is 7.42. The number of halogens is 7. The molecular formula is C24H22ClF6N3O. The van der Waals surface area contributed by atoms with Crippen LogP contribution in [0.4, 0.5) is 26.3 Å². The topological polar surface area (TPSA) is 42.2 Å². The van der Waals surface area contributed by atoms with Crippen LogP contribution in [0.5, 0.6) is 0 Å². The van der Waals surface area contributed by atoms with Gasteiger partial charge in [-0.05, 0) is 61.2 Å². The molecular weight excluding hydrogens is 496 g/mol. The number of hydrogen-bond acceptors (Lipinski definition) is 4. The number of alkyl halides is 6. The van der Waals surface area contributed by atoms with E-state index in [2.05, 4.69) is 10.2 Å². The largest absolute Gasteiger partial charge is 0.421 e. The first-order chi connectivity index (χ1) is 16.5. The zero-order chi connectivity index (χ0) is 25.2. The molecule has 0 spiro atoms. The van der Waals surface area contributed by atoms with Crippen LogP contribution in [0.1, 0.15) is 35.8 Å². The van der Waals surface area contributed by atoms with Crippen LogP contribution in [0.25, 0.3) is 11.5 Å². The highest BCUT2D eigenvalue weighted by Gasteiger charge is 2.42. The van der Waals surface area contributed by atoms with Gasteiger partial charge in [0.2, 0.25) is 11.8 Å². The van der Waals surface area contributed by atoms with Crippen molar-refractivity contribution >= 4 is 11.6 Å². The van der Waals surface area contributed by atoms with Crippen molar-refractivity contribution in [1.82, 2.24) is 15.1 Å². The van der Waals surface area contributed by atoms with E-state index in [0.717, 1.165) is 12.1 Å². The molecule has 4 rings (SSSR count). The van der Waals surface area contributed by atoms with Gasteiger partial charge in [0.25, 0.3) is 0 Å². The fraction of sp³-hybridized carbons (Fsp3) is 0.417. The van der Waals surface area contributed by atoms with Crippen LogP contribution in [-0.2, 0) is 12.6 Å². The maximum Gasteiger partial charge on any atom is 0.416 e. The standard InChI is InChI=1S/C24H22ClF6N3O/c25-20-8-6-15(7-9-20)22-33-32-21(35-22)12-19(24(29,30)31)14-34-10-2-4-17(13-34)16-3-1-5-18(11-16)23(26,27)28/h1,3,5-9,11,17,19H,2,4,10,12-14H2. The van der Waals surface area contributed by atoms with Crippen LogP contribution >= 0.6 is 11.6 Å². The Morgan fingerprint density at radius 2 is 1.77 bits per heavy atom. The molecule has 2 heterocycles. The summed E-state index contributed by atoms with van der Waals surface area (Å²) >= 11 is 5.85. The Morgan fingerprint density at radius 1 is 1.03 bits per heavy atom. The Bertz CT molecular complexity index is 1130. The summed E-state index contributed by atoms with van der Waals surface area (Å²) in [4.78, 5) is 1.66. The number of aromatic nitrogens is 2. The third-order valence-corrected chi connectivity index (χ3v) is 6.36. The molecule has 188 valence electrons. The zero-order valence-electron chi connectivity index (χ0n) is 18.4. The van der Waals surface area contributed by atoms with Crippen LogP contribution in [0, 0.1) is 5.92 Å². The van der Waals surface area contributed by atoms with E-state index in [0.29, 0.717) is 35.5 Å². The predicted molar refractivity (Wildman–Crippen MR) is 118 cm³/mol. The lowest BCUT2D eigenvalue weighted by Crippen LogP contribution is -2.42. The van der Waals surface area contributed by atoms with E-state index in [-0.39, 0.29) is 30.8 Å². The monoisotopic (exact) mass is 517 g/mol. The Hall–Kier alpha value is -2.59. The fourth-order valence-electron chi connectivity index (χ4n) is 4.31. The fourth-order valence-corrected chi connectivity index (χ4v) is 4.44. The molecule has 0 aliphatic carbocycles. The summed E-state index contributed by atoms with van der Waals surface area (Å²) in [5, 5.41) is 8.12. The van der Waals surface area contributed by atoms with Crippen LogP contribution in [0.15, 0.2) is 52.9 Å². The van der Waals surface area contributed by atoms with Crippen molar-refractivity contribution in [2.45, 2.75) is 37.5 Å². The summed E-state index contributed by atoms with van der Waals surface area (Å²) in [6, 6.07) is 11.5. The first-order valence-electron chi connectivity index (χ1n) is 11.0. The van der Waals surface area contributed by atoms with Gasteiger partial charge in [-0.15, -0.1) is 10.2 Å². The van der Waals surface area contributed by atoms with Crippen molar-refractivity contribution in [3.63, 3.8) is 0 Å². The minimum absolute atomic E-state index is 0.0974. The van der Waals surface area contributed by atoms with Gasteiger partial charge in [0, 0.05) is 30.1 Å². The normalized spacial score (nSPS) is 18.5. The van der Waals surface area contributed by atoms with E-state index >= 15 is 0 Å². The molecule has 35 heavy (non-hydrogen) atoms. The first kappa shape index (κ1) is 25.5. The molecule has 1 aliphatic rings. The lowest BCUT2D eigenvalue weighted by atomic mass is 9.89. The minimum atomic E-state index is -4.52. The van der Waals surface area contributed by atoms with E-state index in [4.69, 9.17) is 16.0 Å². The summed E-state index contributed by atoms with van der Waals surface area (Å²) in [5.74, 6) is -2.08. The lowest BCUT2D eigenvalue weighted by Gasteiger charge is -2.35. The number of rotatable bonds is 6. The molecule has 1 fully saturated rings. The summed E-state index contributed by atoms with van der Waals surface area (Å²) in [6.07, 6.45) is -8.27. The van der Waals surface area contributed by atoms with E-state index in [1.807, 2.05) is 0 Å². The summed E-state index contributed by atoms with van der Waals surface area (Å²) < 4.78 is 86.4. The van der Waals surface area contributed by atoms with Gasteiger partial charge in [0.15, 0.2) is 0 Å². The second-order valence-electron chi connectivity index (χ2n) is 8.67. The predicted octanol–water partition coefficient (Wildman–Crippen LogP) is 7.01. The molecule has 1 saturated heterocycles. The quantitative estimate of drug-likeness (QED) is 0.330. The molecule has 0 radical (unpaired) electrons. The highest BCUT2D eigenvalue weighted by atomic mass is 35.5. The maximum absolute atomic E-state index is 13.9. The molecule has 2 aromatic carbocycles. The van der Waals surface area contributed by atoms with Gasteiger partial charge in [-0.1, -0.05) is 29.8 Å². The third kappa shape index (κ3) is 6.55. The van der Waals surface area contributed by atoms with E-state index in [1.165, 1.54) is 6.07 Å². The number of likely N-dealkylation sites (tertiary alicyclic amines) is 1. The molecule has 0 amide bonds. The van der Waals surface area contributed by atoms with Crippen LogP contribution in [-0.4, -0.2) is 40.9 Å². The first-order valence-corrected chi connectivity index (χ1v) is 11.4. The molecule has 1 aliphatic heterocycles. The van der Waals surface area contributed by atoms with Gasteiger partial charge >= 0.3 is 12.4 Å². The van der Waals surface area contributed by atoms with Crippen molar-refractivity contribution in [3.05, 3.63) is 70.6 Å². The Labute approximate surface area is 202 Å². The lowest BCUT2D eigenvalue weighted by molar-refractivity contribution is -0.180. The second-order valence-corrected chi connectivity index (χ2v) is 9.11. The zero-order valence-corrected chi connectivity index (χ0v) is 19.2. The molecule has 2 atom stereocenters. The van der Waals surface area contributed by atoms with Crippen molar-refractivity contribution in [2.24, 2.45) is 5.92 Å². The van der Waals surface area contributed by atoms with Gasteiger partial charge in [-0.2, -0.15) is 26.3 Å². The van der Waals surface area contributed by atoms with E-state index in [1.54, 1.807) is 35.2 Å². The molecule has 0 N–H and O–H groups in total. The minimum Gasteiger partial charge on any atom is -0.421 e. The molecule has 2 unspecified atom stereocenters. The smallest absolute Gasteiger partial charge is 0.416 e. The van der Waals surface area contributed by atoms with Gasteiger partial charge in [-0.25, -0.2) is 0 Å². The van der Waals surface area contributed by atoms with Gasteiger partial charge in [0.1, 0.15) is 0 Å². The number of piperidine rings is 1. The van der Waals surface area contributed by atoms with Crippen molar-refractivity contribution in [3.8, 4) is 11.5 Å². The van der Waals surface area contributed by atoms with Crippen molar-refractivity contribution in [2.75, 3.05) is 19.6 Å². The average Bonchev–Trinajstić information content (AvgIpc) is 3.27. The van der Waals surface area contributed by atoms with Crippen molar-refractivity contribution in [1.29, 1.82) is 0 Å². The number of nitrogens with zero attached hydrogens (tertiary/aromatic N) is 3. The highest BCUT2D eigenvalue weighted by Crippen LogP contribution is 2.36. The summed E-state index contributed by atoms with van der Waals surface area (Å²) in [6.45, 7) is 0.368. The average molecular weight is 518 g/mol. The maximum atomic E-state index is 13.9. The van der Waals surface area contributed by atoms with E-state index < -0.39 is 30.3 Å². The summed E-state index contributed by atoms with van der Waals surface area (Å²) in [5.41, 5.74) is 0.266. The summed E-state index contributed by atoms with van der Waals surface area (Å²) in [7, 11) is 0. The van der Waals surface area contributed by atoms with Crippen LogP contribution < -0.4 is 0 Å². The molecule has 4 nitrogen and oxygen atoms in total. The van der Waals surface area contributed by atoms with Crippen LogP contribution in [0.3, 0.4) is 0 Å². The van der Waals surface area contributed by atoms with Gasteiger partial charge in [0.05, 0.1) is 11.5 Å². The number of benzene rings is 2. The third-order valence-electron chi connectivity index (χ3n) is 6.11. The Balaban J connectivity index is 1.45. The molecule has 11 heteroatoms. The van der Waals surface area contributed by atoms with Gasteiger partial charge in [-0.3, -0.25) is 0 Å². The number of hydrogen-bond donors (Lipinski definition) is 0. The molecule has 1 aromatic heterocycles. The molecule has 0 saturated carbocycles. The molecule has 0 bridgehead atoms. The SMILES string of the molecule is FC(F)(F)c1cccc(C2CCCN(CC(Cc3nnc(-c4ccc(Cl)cc4)o3)C(F)(F)F)C2)c1. The highest BCUT2D eigenvalue weighted by molar-refractivity contribution is 6.30. The van der Waals surface area contributed by atoms with Crippen molar-refractivity contribution < 1.29 is 30.8 Å². The van der Waals surface area contributed by atoms with Gasteiger partial charge < -0.3 is 9.32 Å². The molecule has 3 aromatic rings.